The van der Waals surface area contributed by atoms with Crippen LogP contribution >= 0.6 is 0 Å². The van der Waals surface area contributed by atoms with Crippen LogP contribution in [0, 0.1) is 5.92 Å². The zero-order chi connectivity index (χ0) is 14.4. The Kier molecular flexibility index (Phi) is 5.32. The van der Waals surface area contributed by atoms with Crippen LogP contribution in [0.5, 0.6) is 0 Å². The molecule has 0 spiro atoms. The molecule has 1 aliphatic rings. The topological polar surface area (TPSA) is 58.1 Å². The SMILES string of the molecule is CCCCNc1ncc(C(=O)N2CCCC(C)C2)cn1. The lowest BCUT2D eigenvalue weighted by Gasteiger charge is -2.30. The van der Waals surface area contributed by atoms with Crippen molar-refractivity contribution in [1.82, 2.24) is 14.9 Å². The summed E-state index contributed by atoms with van der Waals surface area (Å²) in [5.74, 6) is 1.24. The molecule has 1 aromatic heterocycles. The van der Waals surface area contributed by atoms with Crippen molar-refractivity contribution in [3.05, 3.63) is 18.0 Å². The van der Waals surface area contributed by atoms with E-state index in [-0.39, 0.29) is 5.91 Å². The zero-order valence-electron chi connectivity index (χ0n) is 12.4. The van der Waals surface area contributed by atoms with Gasteiger partial charge < -0.3 is 10.2 Å². The molecule has 1 saturated heterocycles. The van der Waals surface area contributed by atoms with Gasteiger partial charge in [0.1, 0.15) is 0 Å². The molecule has 1 amide bonds. The monoisotopic (exact) mass is 276 g/mol. The van der Waals surface area contributed by atoms with Crippen LogP contribution in [0.2, 0.25) is 0 Å². The molecule has 1 unspecified atom stereocenters. The number of rotatable bonds is 5. The number of nitrogens with zero attached hydrogens (tertiary/aromatic N) is 3. The van der Waals surface area contributed by atoms with E-state index in [1.807, 2.05) is 4.90 Å². The van der Waals surface area contributed by atoms with Crippen LogP contribution in [-0.4, -0.2) is 40.4 Å². The Morgan fingerprint density at radius 2 is 2.20 bits per heavy atom. The number of hydrogen-bond acceptors (Lipinski definition) is 4. The van der Waals surface area contributed by atoms with Crippen LogP contribution in [0.1, 0.15) is 49.9 Å². The minimum atomic E-state index is 0.0525. The second-order valence-corrected chi connectivity index (χ2v) is 5.57. The van der Waals surface area contributed by atoms with Crippen LogP contribution in [-0.2, 0) is 0 Å². The van der Waals surface area contributed by atoms with Crippen LogP contribution in [0.25, 0.3) is 0 Å². The number of carbonyl (C=O) groups excluding carboxylic acids is 1. The van der Waals surface area contributed by atoms with Gasteiger partial charge in [-0.3, -0.25) is 4.79 Å². The Bertz CT molecular complexity index is 432. The van der Waals surface area contributed by atoms with Gasteiger partial charge in [-0.25, -0.2) is 9.97 Å². The van der Waals surface area contributed by atoms with Gasteiger partial charge in [-0.05, 0) is 25.2 Å². The number of aromatic nitrogens is 2. The van der Waals surface area contributed by atoms with E-state index in [0.717, 1.165) is 38.9 Å². The number of amides is 1. The van der Waals surface area contributed by atoms with Crippen molar-refractivity contribution in [2.45, 2.75) is 39.5 Å². The molecule has 1 N–H and O–H groups in total. The second kappa shape index (κ2) is 7.22. The smallest absolute Gasteiger partial charge is 0.257 e. The highest BCUT2D eigenvalue weighted by molar-refractivity contribution is 5.93. The molecule has 2 heterocycles. The molecular weight excluding hydrogens is 252 g/mol. The number of likely N-dealkylation sites (tertiary alicyclic amines) is 1. The molecule has 2 rings (SSSR count). The second-order valence-electron chi connectivity index (χ2n) is 5.57. The quantitative estimate of drug-likeness (QED) is 0.840. The molecule has 5 heteroatoms. The van der Waals surface area contributed by atoms with Crippen LogP contribution in [0.15, 0.2) is 12.4 Å². The van der Waals surface area contributed by atoms with Crippen molar-refractivity contribution < 1.29 is 4.79 Å². The Labute approximate surface area is 120 Å². The molecule has 1 aromatic rings. The zero-order valence-corrected chi connectivity index (χ0v) is 12.4. The lowest BCUT2D eigenvalue weighted by molar-refractivity contribution is 0.0682. The first-order valence-electron chi connectivity index (χ1n) is 7.56. The van der Waals surface area contributed by atoms with Crippen LogP contribution in [0.3, 0.4) is 0 Å². The number of hydrogen-bond donors (Lipinski definition) is 1. The lowest BCUT2D eigenvalue weighted by Crippen LogP contribution is -2.39. The summed E-state index contributed by atoms with van der Waals surface area (Å²) in [6, 6.07) is 0. The molecule has 0 bridgehead atoms. The molecule has 1 aliphatic heterocycles. The highest BCUT2D eigenvalue weighted by Crippen LogP contribution is 2.17. The van der Waals surface area contributed by atoms with Gasteiger partial charge in [0.25, 0.3) is 5.91 Å². The van der Waals surface area contributed by atoms with E-state index in [1.165, 1.54) is 6.42 Å². The van der Waals surface area contributed by atoms with E-state index in [1.54, 1.807) is 12.4 Å². The summed E-state index contributed by atoms with van der Waals surface area (Å²) in [6.07, 6.45) is 7.78. The summed E-state index contributed by atoms with van der Waals surface area (Å²) >= 11 is 0. The Morgan fingerprint density at radius 3 is 2.85 bits per heavy atom. The van der Waals surface area contributed by atoms with Crippen molar-refractivity contribution in [3.63, 3.8) is 0 Å². The molecule has 0 aromatic carbocycles. The molecule has 1 atom stereocenters. The maximum atomic E-state index is 12.3. The Balaban J connectivity index is 1.93. The highest BCUT2D eigenvalue weighted by Gasteiger charge is 2.22. The molecular formula is C15H24N4O. The van der Waals surface area contributed by atoms with E-state index in [2.05, 4.69) is 29.1 Å². The predicted molar refractivity (Wildman–Crippen MR) is 79.7 cm³/mol. The summed E-state index contributed by atoms with van der Waals surface area (Å²) in [5, 5.41) is 3.15. The van der Waals surface area contributed by atoms with Gasteiger partial charge in [-0.2, -0.15) is 0 Å². The number of piperidine rings is 1. The van der Waals surface area contributed by atoms with E-state index in [0.29, 0.717) is 17.4 Å². The number of unbranched alkanes of at least 4 members (excludes halogenated alkanes) is 1. The molecule has 5 nitrogen and oxygen atoms in total. The minimum absolute atomic E-state index is 0.0525. The summed E-state index contributed by atoms with van der Waals surface area (Å²) in [5.41, 5.74) is 0.583. The number of anilines is 1. The summed E-state index contributed by atoms with van der Waals surface area (Å²) in [4.78, 5) is 22.7. The maximum Gasteiger partial charge on any atom is 0.257 e. The van der Waals surface area contributed by atoms with Crippen molar-refractivity contribution in [2.75, 3.05) is 25.0 Å². The lowest BCUT2D eigenvalue weighted by atomic mass is 10.00. The number of nitrogens with one attached hydrogen (secondary N) is 1. The first-order chi connectivity index (χ1) is 9.70. The maximum absolute atomic E-state index is 12.3. The third-order valence-corrected chi connectivity index (χ3v) is 3.66. The fourth-order valence-corrected chi connectivity index (χ4v) is 2.46. The van der Waals surface area contributed by atoms with Crippen molar-refractivity contribution in [1.29, 1.82) is 0 Å². The summed E-state index contributed by atoms with van der Waals surface area (Å²) in [7, 11) is 0. The van der Waals surface area contributed by atoms with Gasteiger partial charge >= 0.3 is 0 Å². The fourth-order valence-electron chi connectivity index (χ4n) is 2.46. The summed E-state index contributed by atoms with van der Waals surface area (Å²) < 4.78 is 0. The molecule has 20 heavy (non-hydrogen) atoms. The van der Waals surface area contributed by atoms with Gasteiger partial charge in [0.2, 0.25) is 5.95 Å². The van der Waals surface area contributed by atoms with Crippen molar-refractivity contribution in [2.24, 2.45) is 5.92 Å². The van der Waals surface area contributed by atoms with Gasteiger partial charge in [0.15, 0.2) is 0 Å². The van der Waals surface area contributed by atoms with E-state index in [9.17, 15) is 4.79 Å². The molecule has 0 saturated carbocycles. The average molecular weight is 276 g/mol. The fraction of sp³-hybridized carbons (Fsp3) is 0.667. The third kappa shape index (κ3) is 3.92. The normalized spacial score (nSPS) is 18.9. The van der Waals surface area contributed by atoms with E-state index >= 15 is 0 Å². The Morgan fingerprint density at radius 1 is 1.45 bits per heavy atom. The standard InChI is InChI=1S/C15H24N4O/c1-3-4-7-16-15-17-9-13(10-18-15)14(20)19-8-5-6-12(2)11-19/h9-10,12H,3-8,11H2,1-2H3,(H,16,17,18). The highest BCUT2D eigenvalue weighted by atomic mass is 16.2. The molecule has 0 radical (unpaired) electrons. The van der Waals surface area contributed by atoms with Crippen molar-refractivity contribution in [3.8, 4) is 0 Å². The molecule has 1 fully saturated rings. The van der Waals surface area contributed by atoms with Crippen LogP contribution < -0.4 is 5.32 Å². The van der Waals surface area contributed by atoms with Crippen LogP contribution in [0.4, 0.5) is 5.95 Å². The predicted octanol–water partition coefficient (Wildman–Crippen LogP) is 2.56. The molecule has 0 aliphatic carbocycles. The Hall–Kier alpha value is -1.65. The largest absolute Gasteiger partial charge is 0.354 e. The first-order valence-corrected chi connectivity index (χ1v) is 7.56. The van der Waals surface area contributed by atoms with Gasteiger partial charge in [0.05, 0.1) is 5.56 Å². The van der Waals surface area contributed by atoms with E-state index < -0.39 is 0 Å². The first kappa shape index (κ1) is 14.8. The average Bonchev–Trinajstić information content (AvgIpc) is 2.47. The minimum Gasteiger partial charge on any atom is -0.354 e. The third-order valence-electron chi connectivity index (χ3n) is 3.66. The van der Waals surface area contributed by atoms with Crippen molar-refractivity contribution >= 4 is 11.9 Å². The van der Waals surface area contributed by atoms with E-state index in [4.69, 9.17) is 0 Å². The van der Waals surface area contributed by atoms with Gasteiger partial charge in [0, 0.05) is 32.0 Å². The van der Waals surface area contributed by atoms with Gasteiger partial charge in [-0.1, -0.05) is 20.3 Å². The summed E-state index contributed by atoms with van der Waals surface area (Å²) in [6.45, 7) is 6.89. The molecule has 110 valence electrons. The van der Waals surface area contributed by atoms with Gasteiger partial charge in [-0.15, -0.1) is 0 Å². The number of carbonyl (C=O) groups is 1.